The van der Waals surface area contributed by atoms with Gasteiger partial charge in [-0.25, -0.2) is 9.37 Å². The molecule has 1 atom stereocenters. The Hall–Kier alpha value is -2.88. The molecule has 2 saturated heterocycles. The second kappa shape index (κ2) is 8.47. The van der Waals surface area contributed by atoms with Crippen LogP contribution in [0.1, 0.15) is 19.3 Å². The number of anilines is 2. The van der Waals surface area contributed by atoms with E-state index in [9.17, 15) is 9.18 Å². The molecule has 4 rings (SSSR count). The van der Waals surface area contributed by atoms with E-state index in [2.05, 4.69) is 15.3 Å². The van der Waals surface area contributed by atoms with Crippen LogP contribution in [0.5, 0.6) is 11.5 Å². The Labute approximate surface area is 174 Å². The molecular weight excluding hydrogens is 391 g/mol. The molecular formula is C20H27FN6O3. The number of nitrogens with zero attached hydrogens (tertiary/aromatic N) is 4. The number of carbonyl (C=O) groups is 1. The highest BCUT2D eigenvalue weighted by molar-refractivity contribution is 5.92. The average molecular weight is 418 g/mol. The smallest absolute Gasteiger partial charge is 0.228 e. The van der Waals surface area contributed by atoms with Crippen LogP contribution < -0.4 is 25.4 Å². The van der Waals surface area contributed by atoms with Crippen LogP contribution in [0, 0.1) is 5.82 Å². The molecule has 2 aromatic rings. The van der Waals surface area contributed by atoms with E-state index >= 15 is 0 Å². The van der Waals surface area contributed by atoms with Crippen molar-refractivity contribution in [1.29, 1.82) is 0 Å². The molecule has 0 unspecified atom stereocenters. The van der Waals surface area contributed by atoms with Crippen molar-refractivity contribution >= 4 is 28.6 Å². The first-order chi connectivity index (χ1) is 14.5. The quantitative estimate of drug-likeness (QED) is 0.745. The van der Waals surface area contributed by atoms with E-state index in [1.807, 2.05) is 9.80 Å². The van der Waals surface area contributed by atoms with Gasteiger partial charge in [-0.05, 0) is 25.5 Å². The summed E-state index contributed by atoms with van der Waals surface area (Å²) in [5.41, 5.74) is 6.19. The molecule has 1 aromatic heterocycles. The first-order valence-electron chi connectivity index (χ1n) is 10.2. The largest absolute Gasteiger partial charge is 0.493 e. The number of hydrogen-bond acceptors (Lipinski definition) is 8. The summed E-state index contributed by atoms with van der Waals surface area (Å²) < 4.78 is 25.3. The van der Waals surface area contributed by atoms with Crippen LogP contribution in [0.4, 0.5) is 16.2 Å². The fraction of sp³-hybridized carbons (Fsp3) is 0.550. The lowest BCUT2D eigenvalue weighted by molar-refractivity contribution is -0.131. The minimum Gasteiger partial charge on any atom is -0.493 e. The van der Waals surface area contributed by atoms with E-state index in [1.165, 1.54) is 14.2 Å². The molecule has 0 spiro atoms. The average Bonchev–Trinajstić information content (AvgIpc) is 3.27. The van der Waals surface area contributed by atoms with E-state index in [0.29, 0.717) is 43.9 Å². The zero-order valence-corrected chi connectivity index (χ0v) is 17.3. The number of hydrogen-bond donors (Lipinski definition) is 2. The number of nitrogens with two attached hydrogens (primary N) is 1. The van der Waals surface area contributed by atoms with Crippen molar-refractivity contribution in [2.45, 2.75) is 25.3 Å². The number of fused-ring (bicyclic) bond motifs is 1. The third-order valence-corrected chi connectivity index (χ3v) is 5.79. The summed E-state index contributed by atoms with van der Waals surface area (Å²) in [6.45, 7) is 3.25. The molecule has 162 valence electrons. The van der Waals surface area contributed by atoms with Gasteiger partial charge < -0.3 is 30.3 Å². The summed E-state index contributed by atoms with van der Waals surface area (Å²) in [7, 11) is 2.80. The minimum atomic E-state index is -0.639. The molecule has 9 nitrogen and oxygen atoms in total. The minimum absolute atomic E-state index is 0.0232. The van der Waals surface area contributed by atoms with Crippen molar-refractivity contribution in [2.75, 3.05) is 57.6 Å². The van der Waals surface area contributed by atoms with Gasteiger partial charge in [-0.2, -0.15) is 4.98 Å². The fourth-order valence-electron chi connectivity index (χ4n) is 4.11. The monoisotopic (exact) mass is 418 g/mol. The Balaban J connectivity index is 1.51. The van der Waals surface area contributed by atoms with E-state index < -0.39 is 5.82 Å². The highest BCUT2D eigenvalue weighted by Gasteiger charge is 2.27. The maximum absolute atomic E-state index is 15.0. The summed E-state index contributed by atoms with van der Waals surface area (Å²) in [5, 5.41) is 3.73. The van der Waals surface area contributed by atoms with Crippen molar-refractivity contribution in [1.82, 2.24) is 20.2 Å². The summed E-state index contributed by atoms with van der Waals surface area (Å²) >= 11 is 0. The van der Waals surface area contributed by atoms with Crippen LogP contribution in [0.3, 0.4) is 0 Å². The van der Waals surface area contributed by atoms with Gasteiger partial charge in [-0.15, -0.1) is 0 Å². The topological polar surface area (TPSA) is 106 Å². The van der Waals surface area contributed by atoms with E-state index in [0.717, 1.165) is 19.4 Å². The normalized spacial score (nSPS) is 19.4. The number of nitrogen functional groups attached to an aromatic ring is 1. The Morgan fingerprint density at radius 1 is 1.27 bits per heavy atom. The van der Waals surface area contributed by atoms with Gasteiger partial charge in [0.1, 0.15) is 11.3 Å². The molecule has 30 heavy (non-hydrogen) atoms. The summed E-state index contributed by atoms with van der Waals surface area (Å²) in [6.07, 6.45) is 2.71. The van der Waals surface area contributed by atoms with Gasteiger partial charge >= 0.3 is 0 Å². The molecule has 0 radical (unpaired) electrons. The molecule has 3 N–H and O–H groups in total. The molecule has 1 amide bonds. The predicted molar refractivity (Wildman–Crippen MR) is 111 cm³/mol. The van der Waals surface area contributed by atoms with Crippen molar-refractivity contribution in [2.24, 2.45) is 0 Å². The highest BCUT2D eigenvalue weighted by atomic mass is 19.1. The highest BCUT2D eigenvalue weighted by Crippen LogP contribution is 2.37. The number of methoxy groups -OCH3 is 2. The Kier molecular flexibility index (Phi) is 5.76. The van der Waals surface area contributed by atoms with Gasteiger partial charge in [-0.1, -0.05) is 0 Å². The molecule has 2 fully saturated rings. The van der Waals surface area contributed by atoms with Gasteiger partial charge in [-0.3, -0.25) is 4.79 Å². The molecule has 0 saturated carbocycles. The Morgan fingerprint density at radius 3 is 2.67 bits per heavy atom. The number of aromatic nitrogens is 2. The van der Waals surface area contributed by atoms with Crippen molar-refractivity contribution in [3.63, 3.8) is 0 Å². The Bertz CT molecular complexity index is 942. The zero-order chi connectivity index (χ0) is 21.3. The predicted octanol–water partition coefficient (Wildman–Crippen LogP) is 1.16. The van der Waals surface area contributed by atoms with Gasteiger partial charge in [0.05, 0.1) is 14.2 Å². The number of piperazine rings is 1. The number of nitrogens with one attached hydrogen (secondary N) is 1. The molecule has 0 aliphatic carbocycles. The number of rotatable bonds is 5. The van der Waals surface area contributed by atoms with E-state index in [4.69, 9.17) is 15.2 Å². The van der Waals surface area contributed by atoms with E-state index in [1.54, 1.807) is 6.07 Å². The first-order valence-corrected chi connectivity index (χ1v) is 10.2. The second-order valence-electron chi connectivity index (χ2n) is 7.60. The van der Waals surface area contributed by atoms with Crippen LogP contribution in [0.15, 0.2) is 6.07 Å². The number of carbonyl (C=O) groups excluding carboxylic acids is 1. The molecule has 2 aliphatic heterocycles. The Morgan fingerprint density at radius 2 is 2.03 bits per heavy atom. The standard InChI is InChI=1S/C20H27FN6O3/c1-29-14-11-13-17(16(21)18(14)30-2)24-20(25-19(13)22)27-8-6-26(7-9-27)15(28)10-12-4-3-5-23-12/h11-12,23H,3-10H2,1-2H3,(H2,22,24,25)/t12-/m0/s1. The van der Waals surface area contributed by atoms with Crippen molar-refractivity contribution in [3.8, 4) is 11.5 Å². The van der Waals surface area contributed by atoms with Gasteiger partial charge in [0.2, 0.25) is 11.9 Å². The lowest BCUT2D eigenvalue weighted by Crippen LogP contribution is -2.50. The first kappa shape index (κ1) is 20.4. The number of halogens is 1. The molecule has 1 aromatic carbocycles. The molecule has 3 heterocycles. The lowest BCUT2D eigenvalue weighted by atomic mass is 10.1. The number of ether oxygens (including phenoxy) is 2. The second-order valence-corrected chi connectivity index (χ2v) is 7.60. The van der Waals surface area contributed by atoms with Crippen LogP contribution in [0.2, 0.25) is 0 Å². The van der Waals surface area contributed by atoms with E-state index in [-0.39, 0.29) is 34.8 Å². The summed E-state index contributed by atoms with van der Waals surface area (Å²) in [5.74, 6) is 0.242. The molecule has 10 heteroatoms. The SMILES string of the molecule is COc1cc2c(N)nc(N3CCN(C(=O)C[C@@H]4CCCN4)CC3)nc2c(F)c1OC. The number of amides is 1. The van der Waals surface area contributed by atoms with Gasteiger partial charge in [0.25, 0.3) is 0 Å². The van der Waals surface area contributed by atoms with Crippen molar-refractivity contribution < 1.29 is 18.7 Å². The number of benzene rings is 1. The maximum atomic E-state index is 15.0. The van der Waals surface area contributed by atoms with Gasteiger partial charge in [0, 0.05) is 44.0 Å². The fourth-order valence-corrected chi connectivity index (χ4v) is 4.11. The summed E-state index contributed by atoms with van der Waals surface area (Å²) in [4.78, 5) is 25.1. The van der Waals surface area contributed by atoms with Crippen LogP contribution >= 0.6 is 0 Å². The van der Waals surface area contributed by atoms with Gasteiger partial charge in [0.15, 0.2) is 17.3 Å². The lowest BCUT2D eigenvalue weighted by Gasteiger charge is -2.35. The maximum Gasteiger partial charge on any atom is 0.228 e. The van der Waals surface area contributed by atoms with Crippen LogP contribution in [0.25, 0.3) is 10.9 Å². The molecule has 0 bridgehead atoms. The third kappa shape index (κ3) is 3.79. The van der Waals surface area contributed by atoms with Crippen LogP contribution in [-0.2, 0) is 4.79 Å². The third-order valence-electron chi connectivity index (χ3n) is 5.79. The molecule has 2 aliphatic rings. The van der Waals surface area contributed by atoms with Crippen LogP contribution in [-0.4, -0.2) is 73.8 Å². The summed E-state index contributed by atoms with van der Waals surface area (Å²) in [6, 6.07) is 1.86. The van der Waals surface area contributed by atoms with Crippen molar-refractivity contribution in [3.05, 3.63) is 11.9 Å². The zero-order valence-electron chi connectivity index (χ0n) is 17.3.